The van der Waals surface area contributed by atoms with Gasteiger partial charge < -0.3 is 19.0 Å². The van der Waals surface area contributed by atoms with Crippen LogP contribution < -0.4 is 0 Å². The summed E-state index contributed by atoms with van der Waals surface area (Å²) in [6.45, 7) is 5.14. The van der Waals surface area contributed by atoms with E-state index in [2.05, 4.69) is 16.5 Å². The van der Waals surface area contributed by atoms with Gasteiger partial charge in [-0.3, -0.25) is 4.79 Å². The SMILES string of the molecule is CCc1nccn1C1CCCN(C(=O)c2oc(CO)cc2C)C1. The van der Waals surface area contributed by atoms with E-state index in [0.29, 0.717) is 18.1 Å². The fourth-order valence-electron chi connectivity index (χ4n) is 3.30. The summed E-state index contributed by atoms with van der Waals surface area (Å²) in [7, 11) is 0. The van der Waals surface area contributed by atoms with Crippen molar-refractivity contribution in [3.05, 3.63) is 41.4 Å². The lowest BCUT2D eigenvalue weighted by molar-refractivity contribution is 0.0640. The molecule has 124 valence electrons. The quantitative estimate of drug-likeness (QED) is 0.939. The van der Waals surface area contributed by atoms with Gasteiger partial charge in [0, 0.05) is 37.5 Å². The molecule has 0 aliphatic carbocycles. The molecule has 0 saturated carbocycles. The molecule has 6 heteroatoms. The number of likely N-dealkylation sites (tertiary alicyclic amines) is 1. The molecule has 1 saturated heterocycles. The summed E-state index contributed by atoms with van der Waals surface area (Å²) >= 11 is 0. The van der Waals surface area contributed by atoms with Crippen LogP contribution in [0.2, 0.25) is 0 Å². The first-order chi connectivity index (χ1) is 11.1. The van der Waals surface area contributed by atoms with Crippen LogP contribution in [-0.4, -0.2) is 38.6 Å². The summed E-state index contributed by atoms with van der Waals surface area (Å²) in [6, 6.07) is 1.98. The monoisotopic (exact) mass is 317 g/mol. The van der Waals surface area contributed by atoms with Crippen molar-refractivity contribution in [3.8, 4) is 0 Å². The van der Waals surface area contributed by atoms with Crippen molar-refractivity contribution in [1.82, 2.24) is 14.5 Å². The standard InChI is InChI=1S/C17H23N3O3/c1-3-15-18-6-8-20(15)13-5-4-7-19(10-13)17(22)16-12(2)9-14(11-21)23-16/h6,8-9,13,21H,3-5,7,10-11H2,1-2H3. The molecule has 1 amide bonds. The van der Waals surface area contributed by atoms with Crippen LogP contribution in [-0.2, 0) is 13.0 Å². The number of hydrogen-bond donors (Lipinski definition) is 1. The smallest absolute Gasteiger partial charge is 0.289 e. The highest BCUT2D eigenvalue weighted by atomic mass is 16.4. The van der Waals surface area contributed by atoms with Crippen LogP contribution in [0.4, 0.5) is 0 Å². The Morgan fingerprint density at radius 2 is 2.35 bits per heavy atom. The largest absolute Gasteiger partial charge is 0.453 e. The number of rotatable bonds is 4. The topological polar surface area (TPSA) is 71.5 Å². The van der Waals surface area contributed by atoms with Gasteiger partial charge in [0.15, 0.2) is 5.76 Å². The van der Waals surface area contributed by atoms with Gasteiger partial charge in [-0.15, -0.1) is 0 Å². The molecule has 3 rings (SSSR count). The first-order valence-electron chi connectivity index (χ1n) is 8.15. The number of aliphatic hydroxyl groups is 1. The minimum Gasteiger partial charge on any atom is -0.453 e. The van der Waals surface area contributed by atoms with Crippen molar-refractivity contribution >= 4 is 5.91 Å². The molecule has 1 aliphatic rings. The van der Waals surface area contributed by atoms with Crippen LogP contribution in [0.1, 0.15) is 53.5 Å². The lowest BCUT2D eigenvalue weighted by Gasteiger charge is -2.33. The van der Waals surface area contributed by atoms with Crippen LogP contribution in [0.3, 0.4) is 0 Å². The van der Waals surface area contributed by atoms with Gasteiger partial charge in [0.25, 0.3) is 5.91 Å². The molecule has 0 bridgehead atoms. The average Bonchev–Trinajstić information content (AvgIpc) is 3.20. The molecule has 3 heterocycles. The van der Waals surface area contributed by atoms with Crippen LogP contribution in [0.25, 0.3) is 0 Å². The molecule has 0 radical (unpaired) electrons. The third-order valence-corrected chi connectivity index (χ3v) is 4.46. The lowest BCUT2D eigenvalue weighted by Crippen LogP contribution is -2.41. The minimum absolute atomic E-state index is 0.0925. The van der Waals surface area contributed by atoms with Gasteiger partial charge in [0.2, 0.25) is 0 Å². The minimum atomic E-state index is -0.189. The molecule has 2 aromatic rings. The summed E-state index contributed by atoms with van der Waals surface area (Å²) in [6.07, 6.45) is 6.72. The van der Waals surface area contributed by atoms with Gasteiger partial charge in [-0.25, -0.2) is 4.98 Å². The number of imidazole rings is 1. The van der Waals surface area contributed by atoms with Crippen molar-refractivity contribution < 1.29 is 14.3 Å². The number of piperidine rings is 1. The number of carbonyl (C=O) groups excluding carboxylic acids is 1. The Bertz CT molecular complexity index is 689. The van der Waals surface area contributed by atoms with E-state index in [1.807, 2.05) is 24.2 Å². The van der Waals surface area contributed by atoms with Gasteiger partial charge in [-0.05, 0) is 25.8 Å². The normalized spacial score (nSPS) is 18.4. The lowest BCUT2D eigenvalue weighted by atomic mass is 10.0. The number of aromatic nitrogens is 2. The number of carbonyl (C=O) groups is 1. The maximum Gasteiger partial charge on any atom is 0.289 e. The summed E-state index contributed by atoms with van der Waals surface area (Å²) in [5.41, 5.74) is 0.776. The predicted molar refractivity (Wildman–Crippen MR) is 85.1 cm³/mol. The van der Waals surface area contributed by atoms with E-state index in [-0.39, 0.29) is 18.6 Å². The van der Waals surface area contributed by atoms with Crippen molar-refractivity contribution in [2.75, 3.05) is 13.1 Å². The second kappa shape index (κ2) is 6.58. The second-order valence-electron chi connectivity index (χ2n) is 6.03. The third kappa shape index (κ3) is 3.03. The first-order valence-corrected chi connectivity index (χ1v) is 8.15. The summed E-state index contributed by atoms with van der Waals surface area (Å²) < 4.78 is 7.68. The Balaban J connectivity index is 1.78. The van der Waals surface area contributed by atoms with Gasteiger partial charge in [0.1, 0.15) is 18.2 Å². The molecule has 0 aromatic carbocycles. The Morgan fingerprint density at radius 3 is 3.04 bits per heavy atom. The highest BCUT2D eigenvalue weighted by Gasteiger charge is 2.29. The predicted octanol–water partition coefficient (Wildman–Crippen LogP) is 2.32. The molecule has 1 unspecified atom stereocenters. The van der Waals surface area contributed by atoms with E-state index in [9.17, 15) is 4.79 Å². The van der Waals surface area contributed by atoms with Gasteiger partial charge >= 0.3 is 0 Å². The Labute approximate surface area is 135 Å². The van der Waals surface area contributed by atoms with E-state index in [4.69, 9.17) is 9.52 Å². The van der Waals surface area contributed by atoms with Crippen molar-refractivity contribution in [3.63, 3.8) is 0 Å². The maximum atomic E-state index is 12.7. The molecule has 23 heavy (non-hydrogen) atoms. The van der Waals surface area contributed by atoms with Crippen LogP contribution >= 0.6 is 0 Å². The number of furan rings is 1. The third-order valence-electron chi connectivity index (χ3n) is 4.46. The fraction of sp³-hybridized carbons (Fsp3) is 0.529. The summed E-state index contributed by atoms with van der Waals surface area (Å²) in [5, 5.41) is 9.16. The van der Waals surface area contributed by atoms with E-state index in [1.165, 1.54) is 0 Å². The van der Waals surface area contributed by atoms with Crippen LogP contribution in [0.15, 0.2) is 22.9 Å². The molecular formula is C17H23N3O3. The first kappa shape index (κ1) is 15.8. The number of aryl methyl sites for hydroxylation is 2. The number of hydrogen-bond acceptors (Lipinski definition) is 4. The Hall–Kier alpha value is -2.08. The number of amides is 1. The highest BCUT2D eigenvalue weighted by Crippen LogP contribution is 2.25. The van der Waals surface area contributed by atoms with Crippen molar-refractivity contribution in [1.29, 1.82) is 0 Å². The molecule has 1 fully saturated rings. The zero-order valence-corrected chi connectivity index (χ0v) is 13.7. The van der Waals surface area contributed by atoms with Gasteiger partial charge in [-0.1, -0.05) is 6.92 Å². The molecular weight excluding hydrogens is 294 g/mol. The highest BCUT2D eigenvalue weighted by molar-refractivity contribution is 5.93. The second-order valence-corrected chi connectivity index (χ2v) is 6.03. The zero-order chi connectivity index (χ0) is 16.4. The van der Waals surface area contributed by atoms with E-state index >= 15 is 0 Å². The fourth-order valence-corrected chi connectivity index (χ4v) is 3.30. The average molecular weight is 317 g/mol. The zero-order valence-electron chi connectivity index (χ0n) is 13.7. The number of aliphatic hydroxyl groups excluding tert-OH is 1. The number of nitrogens with zero attached hydrogens (tertiary/aromatic N) is 3. The Morgan fingerprint density at radius 1 is 1.52 bits per heavy atom. The molecule has 0 spiro atoms. The summed E-state index contributed by atoms with van der Waals surface area (Å²) in [5.74, 6) is 1.74. The van der Waals surface area contributed by atoms with E-state index in [0.717, 1.165) is 37.2 Å². The van der Waals surface area contributed by atoms with E-state index < -0.39 is 0 Å². The molecule has 1 atom stereocenters. The molecule has 1 aliphatic heterocycles. The molecule has 1 N–H and O–H groups in total. The molecule has 6 nitrogen and oxygen atoms in total. The van der Waals surface area contributed by atoms with E-state index in [1.54, 1.807) is 6.07 Å². The van der Waals surface area contributed by atoms with Crippen LogP contribution in [0, 0.1) is 6.92 Å². The van der Waals surface area contributed by atoms with Gasteiger partial charge in [0.05, 0.1) is 6.04 Å². The Kier molecular flexibility index (Phi) is 4.52. The molecule has 2 aromatic heterocycles. The maximum absolute atomic E-state index is 12.7. The summed E-state index contributed by atoms with van der Waals surface area (Å²) in [4.78, 5) is 19.0. The van der Waals surface area contributed by atoms with Crippen molar-refractivity contribution in [2.24, 2.45) is 0 Å². The van der Waals surface area contributed by atoms with Gasteiger partial charge in [-0.2, -0.15) is 0 Å². The van der Waals surface area contributed by atoms with Crippen molar-refractivity contribution in [2.45, 2.75) is 45.8 Å². The van der Waals surface area contributed by atoms with Crippen LogP contribution in [0.5, 0.6) is 0 Å².